The second-order valence-corrected chi connectivity index (χ2v) is 4.32. The molecule has 0 saturated carbocycles. The zero-order valence-corrected chi connectivity index (χ0v) is 11.0. The number of ether oxygens (including phenoxy) is 1. The minimum atomic E-state index is 0.738. The van der Waals surface area contributed by atoms with Crippen LogP contribution >= 0.6 is 0 Å². The lowest BCUT2D eigenvalue weighted by Crippen LogP contribution is -1.93. The molecule has 0 bridgehead atoms. The van der Waals surface area contributed by atoms with Crippen LogP contribution in [0.25, 0.3) is 0 Å². The first-order chi connectivity index (χ1) is 9.28. The summed E-state index contributed by atoms with van der Waals surface area (Å²) >= 11 is 0. The van der Waals surface area contributed by atoms with E-state index in [0.29, 0.717) is 0 Å². The molecule has 2 aromatic carbocycles. The number of anilines is 1. The summed E-state index contributed by atoms with van der Waals surface area (Å²) in [5.74, 6) is 6.24. The Kier molecular flexibility index (Phi) is 4.60. The summed E-state index contributed by atoms with van der Waals surface area (Å²) in [6.07, 6.45) is 0.930. The van der Waals surface area contributed by atoms with E-state index < -0.39 is 0 Å². The molecule has 0 aliphatic rings. The van der Waals surface area contributed by atoms with Crippen LogP contribution in [0.4, 0.5) is 5.69 Å². The van der Waals surface area contributed by atoms with Crippen LogP contribution < -0.4 is 5.73 Å². The van der Waals surface area contributed by atoms with Gasteiger partial charge in [0.05, 0.1) is 6.61 Å². The lowest BCUT2D eigenvalue weighted by atomic mass is 10.1. The zero-order chi connectivity index (χ0) is 13.5. The van der Waals surface area contributed by atoms with Crippen LogP contribution in [0.2, 0.25) is 0 Å². The summed E-state index contributed by atoms with van der Waals surface area (Å²) in [5, 5.41) is 0. The molecule has 2 heteroatoms. The van der Waals surface area contributed by atoms with Crippen molar-refractivity contribution in [3.8, 4) is 11.8 Å². The molecule has 0 amide bonds. The van der Waals surface area contributed by atoms with Gasteiger partial charge in [-0.1, -0.05) is 30.0 Å². The van der Waals surface area contributed by atoms with Crippen LogP contribution in [0.1, 0.15) is 16.7 Å². The van der Waals surface area contributed by atoms with Gasteiger partial charge in [0.25, 0.3) is 0 Å². The van der Waals surface area contributed by atoms with Gasteiger partial charge in [-0.2, -0.15) is 0 Å². The fourth-order valence-electron chi connectivity index (χ4n) is 1.74. The lowest BCUT2D eigenvalue weighted by molar-refractivity contribution is 0.202. The Labute approximate surface area is 114 Å². The van der Waals surface area contributed by atoms with Gasteiger partial charge in [0.15, 0.2) is 0 Å². The summed E-state index contributed by atoms with van der Waals surface area (Å²) < 4.78 is 5.05. The van der Waals surface area contributed by atoms with Gasteiger partial charge in [0.2, 0.25) is 0 Å². The van der Waals surface area contributed by atoms with E-state index in [-0.39, 0.29) is 0 Å². The third kappa shape index (κ3) is 4.17. The van der Waals surface area contributed by atoms with Crippen LogP contribution in [-0.4, -0.2) is 13.7 Å². The van der Waals surface area contributed by atoms with E-state index in [1.54, 1.807) is 7.11 Å². The van der Waals surface area contributed by atoms with Crippen LogP contribution in [-0.2, 0) is 11.2 Å². The van der Waals surface area contributed by atoms with Crippen molar-refractivity contribution >= 4 is 5.69 Å². The zero-order valence-electron chi connectivity index (χ0n) is 11.0. The van der Waals surface area contributed by atoms with Crippen LogP contribution in [0.3, 0.4) is 0 Å². The third-order valence-corrected chi connectivity index (χ3v) is 2.79. The second-order valence-electron chi connectivity index (χ2n) is 4.32. The Bertz CT molecular complexity index is 591. The van der Waals surface area contributed by atoms with Gasteiger partial charge in [0, 0.05) is 23.9 Å². The van der Waals surface area contributed by atoms with Gasteiger partial charge in [0.1, 0.15) is 0 Å². The van der Waals surface area contributed by atoms with E-state index in [0.717, 1.165) is 29.8 Å². The van der Waals surface area contributed by atoms with Gasteiger partial charge in [-0.05, 0) is 42.3 Å². The Morgan fingerprint density at radius 1 is 1.00 bits per heavy atom. The lowest BCUT2D eigenvalue weighted by Gasteiger charge is -1.99. The first kappa shape index (κ1) is 13.2. The van der Waals surface area contributed by atoms with Gasteiger partial charge in [-0.25, -0.2) is 0 Å². The number of hydrogen-bond acceptors (Lipinski definition) is 2. The number of rotatable bonds is 3. The summed E-state index contributed by atoms with van der Waals surface area (Å²) in [5.41, 5.74) is 9.65. The Hall–Kier alpha value is -2.24. The molecule has 2 aromatic rings. The van der Waals surface area contributed by atoms with Crippen LogP contribution in [0.5, 0.6) is 0 Å². The van der Waals surface area contributed by atoms with Crippen molar-refractivity contribution in [2.75, 3.05) is 19.5 Å². The number of methoxy groups -OCH3 is 1. The molecule has 2 rings (SSSR count). The van der Waals surface area contributed by atoms with Crippen LogP contribution in [0.15, 0.2) is 48.5 Å². The smallest absolute Gasteiger partial charge is 0.0502 e. The van der Waals surface area contributed by atoms with E-state index in [4.69, 9.17) is 10.5 Å². The van der Waals surface area contributed by atoms with Gasteiger partial charge >= 0.3 is 0 Å². The van der Waals surface area contributed by atoms with Crippen molar-refractivity contribution in [2.45, 2.75) is 6.42 Å². The standard InChI is InChI=1S/C17H17NO/c1-19-12-11-15-7-5-14(6-8-15)9-10-16-3-2-4-17(18)13-16/h2-8,13H,11-12,18H2,1H3. The van der Waals surface area contributed by atoms with Crippen LogP contribution in [0, 0.1) is 11.8 Å². The molecule has 0 unspecified atom stereocenters. The molecular weight excluding hydrogens is 234 g/mol. The van der Waals surface area contributed by atoms with Crippen molar-refractivity contribution in [3.63, 3.8) is 0 Å². The van der Waals surface area contributed by atoms with Crippen molar-refractivity contribution in [1.29, 1.82) is 0 Å². The maximum atomic E-state index is 5.71. The normalized spacial score (nSPS) is 9.74. The number of nitrogens with two attached hydrogens (primary N) is 1. The van der Waals surface area contributed by atoms with Gasteiger partial charge in [-0.15, -0.1) is 0 Å². The maximum absolute atomic E-state index is 5.71. The highest BCUT2D eigenvalue weighted by atomic mass is 16.5. The topological polar surface area (TPSA) is 35.2 Å². The molecule has 0 aliphatic heterocycles. The minimum absolute atomic E-state index is 0.738. The number of nitrogen functional groups attached to an aromatic ring is 1. The van der Waals surface area contributed by atoms with Gasteiger partial charge < -0.3 is 10.5 Å². The molecular formula is C17H17NO. The molecule has 0 heterocycles. The van der Waals surface area contributed by atoms with Crippen molar-refractivity contribution < 1.29 is 4.74 Å². The fraction of sp³-hybridized carbons (Fsp3) is 0.176. The van der Waals surface area contributed by atoms with E-state index in [2.05, 4.69) is 24.0 Å². The Morgan fingerprint density at radius 2 is 1.74 bits per heavy atom. The van der Waals surface area contributed by atoms with E-state index in [9.17, 15) is 0 Å². The van der Waals surface area contributed by atoms with E-state index in [1.807, 2.05) is 36.4 Å². The fourth-order valence-corrected chi connectivity index (χ4v) is 1.74. The predicted molar refractivity (Wildman–Crippen MR) is 78.9 cm³/mol. The summed E-state index contributed by atoms with van der Waals surface area (Å²) in [4.78, 5) is 0. The summed E-state index contributed by atoms with van der Waals surface area (Å²) in [6.45, 7) is 0.744. The summed E-state index contributed by atoms with van der Waals surface area (Å²) in [7, 11) is 1.71. The molecule has 96 valence electrons. The SMILES string of the molecule is COCCc1ccc(C#Cc2cccc(N)c2)cc1. The first-order valence-electron chi connectivity index (χ1n) is 6.23. The molecule has 19 heavy (non-hydrogen) atoms. The van der Waals surface area contributed by atoms with Crippen molar-refractivity contribution in [3.05, 3.63) is 65.2 Å². The molecule has 2 N–H and O–H groups in total. The quantitative estimate of drug-likeness (QED) is 0.672. The average molecular weight is 251 g/mol. The summed E-state index contributed by atoms with van der Waals surface area (Å²) in [6, 6.07) is 15.8. The largest absolute Gasteiger partial charge is 0.399 e. The molecule has 0 fully saturated rings. The predicted octanol–water partition coefficient (Wildman–Crippen LogP) is 2.86. The number of hydrogen-bond donors (Lipinski definition) is 1. The second kappa shape index (κ2) is 6.63. The van der Waals surface area contributed by atoms with Crippen molar-refractivity contribution in [1.82, 2.24) is 0 Å². The molecule has 0 aliphatic carbocycles. The van der Waals surface area contributed by atoms with Gasteiger partial charge in [-0.3, -0.25) is 0 Å². The highest BCUT2D eigenvalue weighted by Crippen LogP contribution is 2.07. The molecule has 2 nitrogen and oxygen atoms in total. The molecule has 0 radical (unpaired) electrons. The maximum Gasteiger partial charge on any atom is 0.0502 e. The number of benzene rings is 2. The monoisotopic (exact) mass is 251 g/mol. The highest BCUT2D eigenvalue weighted by molar-refractivity contribution is 5.49. The molecule has 0 atom stereocenters. The minimum Gasteiger partial charge on any atom is -0.399 e. The van der Waals surface area contributed by atoms with E-state index >= 15 is 0 Å². The first-order valence-corrected chi connectivity index (χ1v) is 6.23. The molecule has 0 aromatic heterocycles. The highest BCUT2D eigenvalue weighted by Gasteiger charge is 1.93. The van der Waals surface area contributed by atoms with E-state index in [1.165, 1.54) is 5.56 Å². The average Bonchev–Trinajstić information content (AvgIpc) is 2.44. The molecule has 0 spiro atoms. The third-order valence-electron chi connectivity index (χ3n) is 2.79. The Balaban J connectivity index is 2.08. The van der Waals surface area contributed by atoms with Crippen molar-refractivity contribution in [2.24, 2.45) is 0 Å². The Morgan fingerprint density at radius 3 is 2.42 bits per heavy atom. The molecule has 0 saturated heterocycles.